The topological polar surface area (TPSA) is 33.4 Å². The van der Waals surface area contributed by atoms with E-state index in [1.54, 1.807) is 12.1 Å². The van der Waals surface area contributed by atoms with Crippen LogP contribution in [0.15, 0.2) is 46.9 Å². The van der Waals surface area contributed by atoms with E-state index >= 15 is 0 Å². The van der Waals surface area contributed by atoms with Crippen molar-refractivity contribution >= 4 is 11.0 Å². The van der Waals surface area contributed by atoms with Gasteiger partial charge in [-0.3, -0.25) is 0 Å². The van der Waals surface area contributed by atoms with E-state index < -0.39 is 17.7 Å². The van der Waals surface area contributed by atoms with Crippen LogP contribution in [0.4, 0.5) is 8.78 Å². The molecule has 0 amide bonds. The van der Waals surface area contributed by atoms with Crippen LogP contribution in [0.25, 0.3) is 11.0 Å². The fraction of sp³-hybridized carbons (Fsp3) is 0.125. The summed E-state index contributed by atoms with van der Waals surface area (Å²) >= 11 is 0. The standard InChI is InChI=1S/C16H12F2O2/c1-9-2-3-14-10(4-9)7-15(20-14)16(19)11-5-12(17)8-13(18)6-11/h2-8,16,19H,1H3. The van der Waals surface area contributed by atoms with Gasteiger partial charge in [0.05, 0.1) is 0 Å². The Morgan fingerprint density at radius 2 is 1.70 bits per heavy atom. The zero-order valence-electron chi connectivity index (χ0n) is 10.7. The first kappa shape index (κ1) is 12.8. The van der Waals surface area contributed by atoms with Gasteiger partial charge in [0, 0.05) is 11.5 Å². The summed E-state index contributed by atoms with van der Waals surface area (Å²) in [5, 5.41) is 11.0. The SMILES string of the molecule is Cc1ccc2oc(C(O)c3cc(F)cc(F)c3)cc2c1. The van der Waals surface area contributed by atoms with Gasteiger partial charge < -0.3 is 9.52 Å². The minimum Gasteiger partial charge on any atom is -0.458 e. The molecule has 0 radical (unpaired) electrons. The molecule has 2 nitrogen and oxygen atoms in total. The number of rotatable bonds is 2. The Morgan fingerprint density at radius 3 is 2.40 bits per heavy atom. The summed E-state index contributed by atoms with van der Waals surface area (Å²) < 4.78 is 31.9. The highest BCUT2D eigenvalue weighted by molar-refractivity contribution is 5.78. The summed E-state index contributed by atoms with van der Waals surface area (Å²) in [6.45, 7) is 1.95. The summed E-state index contributed by atoms with van der Waals surface area (Å²) in [7, 11) is 0. The first-order chi connectivity index (χ1) is 9.52. The normalized spacial score (nSPS) is 12.8. The van der Waals surface area contributed by atoms with Crippen molar-refractivity contribution in [2.45, 2.75) is 13.0 Å². The van der Waals surface area contributed by atoms with Gasteiger partial charge in [0.15, 0.2) is 0 Å². The van der Waals surface area contributed by atoms with Crippen molar-refractivity contribution in [3.05, 3.63) is 71.0 Å². The van der Waals surface area contributed by atoms with Crippen LogP contribution >= 0.6 is 0 Å². The van der Waals surface area contributed by atoms with Crippen molar-refractivity contribution in [2.24, 2.45) is 0 Å². The number of aryl methyl sites for hydroxylation is 1. The van der Waals surface area contributed by atoms with Crippen LogP contribution in [-0.4, -0.2) is 5.11 Å². The molecule has 1 atom stereocenters. The predicted molar refractivity (Wildman–Crippen MR) is 71.4 cm³/mol. The number of hydrogen-bond donors (Lipinski definition) is 1. The molecule has 0 aliphatic carbocycles. The van der Waals surface area contributed by atoms with Gasteiger partial charge in [-0.05, 0) is 42.8 Å². The molecule has 1 aromatic heterocycles. The molecule has 0 bridgehead atoms. The van der Waals surface area contributed by atoms with Crippen LogP contribution in [0.5, 0.6) is 0 Å². The predicted octanol–water partition coefficient (Wildman–Crippen LogP) is 4.10. The summed E-state index contributed by atoms with van der Waals surface area (Å²) in [5.74, 6) is -1.20. The zero-order valence-corrected chi connectivity index (χ0v) is 10.7. The Labute approximate surface area is 114 Å². The summed E-state index contributed by atoms with van der Waals surface area (Å²) in [6, 6.07) is 10.2. The number of fused-ring (bicyclic) bond motifs is 1. The average Bonchev–Trinajstić information content (AvgIpc) is 2.79. The molecule has 1 heterocycles. The molecule has 1 N–H and O–H groups in total. The molecule has 4 heteroatoms. The maximum absolute atomic E-state index is 13.2. The average molecular weight is 274 g/mol. The van der Waals surface area contributed by atoms with Crippen LogP contribution in [0, 0.1) is 18.6 Å². The molecule has 2 aromatic carbocycles. The van der Waals surface area contributed by atoms with Gasteiger partial charge in [0.1, 0.15) is 29.1 Å². The fourth-order valence-electron chi connectivity index (χ4n) is 2.22. The van der Waals surface area contributed by atoms with Gasteiger partial charge in [-0.1, -0.05) is 11.6 Å². The second-order valence-electron chi connectivity index (χ2n) is 4.80. The van der Waals surface area contributed by atoms with Crippen LogP contribution < -0.4 is 0 Å². The molecule has 0 aliphatic rings. The highest BCUT2D eigenvalue weighted by Crippen LogP contribution is 2.29. The van der Waals surface area contributed by atoms with E-state index in [1.165, 1.54) is 0 Å². The van der Waals surface area contributed by atoms with Gasteiger partial charge in [-0.2, -0.15) is 0 Å². The Morgan fingerprint density at radius 1 is 1.00 bits per heavy atom. The number of halogens is 2. The monoisotopic (exact) mass is 274 g/mol. The van der Waals surface area contributed by atoms with Crippen LogP contribution in [-0.2, 0) is 0 Å². The zero-order chi connectivity index (χ0) is 14.3. The van der Waals surface area contributed by atoms with Crippen LogP contribution in [0.2, 0.25) is 0 Å². The molecule has 0 saturated carbocycles. The number of aliphatic hydroxyl groups is 1. The Balaban J connectivity index is 2.05. The molecule has 3 rings (SSSR count). The van der Waals surface area contributed by atoms with Gasteiger partial charge in [0.2, 0.25) is 0 Å². The quantitative estimate of drug-likeness (QED) is 0.763. The molecule has 102 valence electrons. The second kappa shape index (κ2) is 4.72. The van der Waals surface area contributed by atoms with E-state index in [0.29, 0.717) is 5.58 Å². The largest absolute Gasteiger partial charge is 0.458 e. The molecule has 0 saturated heterocycles. The maximum Gasteiger partial charge on any atom is 0.138 e. The lowest BCUT2D eigenvalue weighted by atomic mass is 10.1. The number of benzene rings is 2. The number of aliphatic hydroxyl groups excluding tert-OH is 1. The van der Waals surface area contributed by atoms with Gasteiger partial charge in [0.25, 0.3) is 0 Å². The first-order valence-electron chi connectivity index (χ1n) is 6.17. The van der Waals surface area contributed by atoms with E-state index in [0.717, 1.165) is 29.1 Å². The van der Waals surface area contributed by atoms with Crippen molar-refractivity contribution in [1.82, 2.24) is 0 Å². The minimum absolute atomic E-state index is 0.123. The molecule has 0 fully saturated rings. The lowest BCUT2D eigenvalue weighted by Gasteiger charge is -2.08. The molecule has 0 spiro atoms. The van der Waals surface area contributed by atoms with Gasteiger partial charge >= 0.3 is 0 Å². The summed E-state index contributed by atoms with van der Waals surface area (Å²) in [5.41, 5.74) is 1.82. The third-order valence-corrected chi connectivity index (χ3v) is 3.16. The molecular weight excluding hydrogens is 262 g/mol. The van der Waals surface area contributed by atoms with Gasteiger partial charge in [-0.25, -0.2) is 8.78 Å². The molecule has 3 aromatic rings. The van der Waals surface area contributed by atoms with Crippen molar-refractivity contribution in [3.63, 3.8) is 0 Å². The van der Waals surface area contributed by atoms with E-state index in [1.807, 2.05) is 19.1 Å². The highest BCUT2D eigenvalue weighted by Gasteiger charge is 2.17. The number of hydrogen-bond acceptors (Lipinski definition) is 2. The highest BCUT2D eigenvalue weighted by atomic mass is 19.1. The lowest BCUT2D eigenvalue weighted by molar-refractivity contribution is 0.191. The van der Waals surface area contributed by atoms with E-state index in [-0.39, 0.29) is 11.3 Å². The Bertz CT molecular complexity index is 757. The van der Waals surface area contributed by atoms with E-state index in [4.69, 9.17) is 4.42 Å². The maximum atomic E-state index is 13.2. The molecule has 0 aliphatic heterocycles. The van der Waals surface area contributed by atoms with Crippen molar-refractivity contribution in [1.29, 1.82) is 0 Å². The Kier molecular flexibility index (Phi) is 3.03. The summed E-state index contributed by atoms with van der Waals surface area (Å²) in [4.78, 5) is 0. The summed E-state index contributed by atoms with van der Waals surface area (Å²) in [6.07, 6.45) is -1.20. The smallest absolute Gasteiger partial charge is 0.138 e. The van der Waals surface area contributed by atoms with E-state index in [2.05, 4.69) is 0 Å². The van der Waals surface area contributed by atoms with Crippen molar-refractivity contribution in [2.75, 3.05) is 0 Å². The third kappa shape index (κ3) is 2.30. The molecule has 20 heavy (non-hydrogen) atoms. The van der Waals surface area contributed by atoms with Gasteiger partial charge in [-0.15, -0.1) is 0 Å². The lowest BCUT2D eigenvalue weighted by Crippen LogP contribution is -1.99. The molecule has 1 unspecified atom stereocenters. The van der Waals surface area contributed by atoms with E-state index in [9.17, 15) is 13.9 Å². The third-order valence-electron chi connectivity index (χ3n) is 3.16. The molecular formula is C16H12F2O2. The Hall–Kier alpha value is -2.20. The van der Waals surface area contributed by atoms with Crippen molar-refractivity contribution < 1.29 is 18.3 Å². The van der Waals surface area contributed by atoms with Crippen LogP contribution in [0.3, 0.4) is 0 Å². The second-order valence-corrected chi connectivity index (χ2v) is 4.80. The number of furan rings is 1. The van der Waals surface area contributed by atoms with Crippen LogP contribution in [0.1, 0.15) is 23.0 Å². The van der Waals surface area contributed by atoms with Crippen molar-refractivity contribution in [3.8, 4) is 0 Å². The minimum atomic E-state index is -1.20. The fourth-order valence-corrected chi connectivity index (χ4v) is 2.22. The first-order valence-corrected chi connectivity index (χ1v) is 6.17.